The quantitative estimate of drug-likeness (QED) is 0.166. The third-order valence-corrected chi connectivity index (χ3v) is 18.8. The highest BCUT2D eigenvalue weighted by Gasteiger charge is 2.49. The van der Waals surface area contributed by atoms with Gasteiger partial charge in [0, 0.05) is 22.5 Å². The Morgan fingerprint density at radius 2 is 0.901 bits per heavy atom. The summed E-state index contributed by atoms with van der Waals surface area (Å²) < 4.78 is 10.9. The van der Waals surface area contributed by atoms with Crippen LogP contribution >= 0.6 is 0 Å². The first-order chi connectivity index (χ1) is 34.1. The lowest BCUT2D eigenvalue weighted by molar-refractivity contribution is 0.361. The van der Waals surface area contributed by atoms with Gasteiger partial charge in [-0.2, -0.15) is 0 Å². The fourth-order valence-corrected chi connectivity index (χ4v) is 15.8. The molecule has 6 aromatic heterocycles. The van der Waals surface area contributed by atoms with Crippen LogP contribution in [0.1, 0.15) is 173 Å². The molecule has 0 radical (unpaired) electrons. The second kappa shape index (κ2) is 13.4. The maximum atomic E-state index is 5.60. The van der Waals surface area contributed by atoms with Crippen molar-refractivity contribution in [3.05, 3.63) is 111 Å². The molecule has 9 heteroatoms. The highest BCUT2D eigenvalue weighted by molar-refractivity contribution is 7.00. The van der Waals surface area contributed by atoms with Crippen LogP contribution in [-0.2, 0) is 12.8 Å². The van der Waals surface area contributed by atoms with Gasteiger partial charge in [0.25, 0.3) is 6.71 Å². The first-order valence-corrected chi connectivity index (χ1v) is 27.1. The highest BCUT2D eigenvalue weighted by Crippen LogP contribution is 2.56. The Morgan fingerprint density at radius 1 is 0.493 bits per heavy atom. The molecule has 8 heterocycles. The van der Waals surface area contributed by atoms with E-state index in [0.717, 1.165) is 57.9 Å². The zero-order valence-electron chi connectivity index (χ0n) is 43.2. The van der Waals surface area contributed by atoms with Crippen molar-refractivity contribution in [1.29, 1.82) is 0 Å². The molecule has 4 bridgehead atoms. The Balaban J connectivity index is 1.18. The van der Waals surface area contributed by atoms with Crippen LogP contribution in [0.15, 0.2) is 54.6 Å². The van der Waals surface area contributed by atoms with Crippen LogP contribution in [0.3, 0.4) is 0 Å². The van der Waals surface area contributed by atoms with E-state index in [4.69, 9.17) is 19.9 Å². The van der Waals surface area contributed by atoms with Crippen LogP contribution < -0.4 is 16.4 Å². The summed E-state index contributed by atoms with van der Waals surface area (Å²) in [7, 11) is 0. The summed E-state index contributed by atoms with van der Waals surface area (Å²) >= 11 is 0. The highest BCUT2D eigenvalue weighted by atomic mass is 15.2. The predicted molar refractivity (Wildman–Crippen MR) is 291 cm³/mol. The van der Waals surface area contributed by atoms with Gasteiger partial charge in [-0.1, -0.05) is 84.0 Å². The molecule has 4 aromatic carbocycles. The topological polar surface area (TPSA) is 70.2 Å². The van der Waals surface area contributed by atoms with Crippen molar-refractivity contribution in [2.45, 2.75) is 157 Å². The summed E-state index contributed by atoms with van der Waals surface area (Å²) in [6.45, 7) is 23.0. The van der Waals surface area contributed by atoms with E-state index in [1.54, 1.807) is 22.3 Å². The van der Waals surface area contributed by atoms with Crippen molar-refractivity contribution in [2.24, 2.45) is 10.8 Å². The van der Waals surface area contributed by atoms with Gasteiger partial charge < -0.3 is 0 Å². The number of hydrogen-bond donors (Lipinski definition) is 0. The standard InChI is InChI=1S/C62H63BN8/c1-30-32(3)66-57-51(64-30)42(28-61(5,6)7)59-68-46-24-39(34-14-12-11-13-15-34)25-47-50(46)63(44-26-40-35-16-20-37(21-17-35)48(40)55(53(44)68)70(57)59)45-27-41-36-18-22-38(23-19-36)49(41)56-54(45)69(47)60-43(29-62(8,9)10)52-58(71(56)60)67-33(4)31(2)65-52/h11-15,24-27,35-38H,16-23,28-29H2,1-10H3. The minimum atomic E-state index is 0.00877. The molecule has 2 fully saturated rings. The van der Waals surface area contributed by atoms with E-state index >= 15 is 0 Å². The van der Waals surface area contributed by atoms with Gasteiger partial charge in [-0.3, -0.25) is 17.9 Å². The third-order valence-electron chi connectivity index (χ3n) is 18.8. The van der Waals surface area contributed by atoms with Crippen molar-refractivity contribution in [2.75, 3.05) is 0 Å². The number of imidazole rings is 2. The monoisotopic (exact) mass is 931 g/mol. The van der Waals surface area contributed by atoms with Gasteiger partial charge in [-0.15, -0.1) is 0 Å². The lowest BCUT2D eigenvalue weighted by Gasteiger charge is -2.42. The number of benzene rings is 4. The van der Waals surface area contributed by atoms with E-state index in [1.165, 1.54) is 135 Å². The molecule has 0 amide bonds. The molecule has 0 saturated heterocycles. The summed E-state index contributed by atoms with van der Waals surface area (Å²) in [5.41, 5.74) is 34.9. The zero-order chi connectivity index (χ0) is 48.0. The summed E-state index contributed by atoms with van der Waals surface area (Å²) in [4.78, 5) is 22.3. The molecular formula is C62H63BN8. The van der Waals surface area contributed by atoms with Crippen molar-refractivity contribution in [1.82, 2.24) is 37.9 Å². The third kappa shape index (κ3) is 5.23. The fraction of sp³-hybridized carbons (Fsp3) is 0.419. The molecule has 8 aliphatic rings. The SMILES string of the molecule is Cc1nc2c(CC(C)(C)C)c3n4c5c(cc6c(c5n3c2nc1C)C1CCC6CC1)B1c2c-4cc(-c3ccccc3)cc2-n2c3c1cc1c(c3n3c4nc(C)c(C)nc4c(CC(C)(C)C)c23)C2CCC1CC2. The number of rotatable bonds is 3. The molecule has 0 spiro atoms. The average molecular weight is 931 g/mol. The normalized spacial score (nSPS) is 20.7. The maximum absolute atomic E-state index is 5.60. The van der Waals surface area contributed by atoms with Gasteiger partial charge in [0.1, 0.15) is 22.3 Å². The summed E-state index contributed by atoms with van der Waals surface area (Å²) in [5, 5.41) is 0. The van der Waals surface area contributed by atoms with Gasteiger partial charge in [-0.05, 0) is 188 Å². The van der Waals surface area contributed by atoms with Crippen molar-refractivity contribution in [3.8, 4) is 22.5 Å². The second-order valence-electron chi connectivity index (χ2n) is 25.7. The molecule has 71 heavy (non-hydrogen) atoms. The van der Waals surface area contributed by atoms with Gasteiger partial charge in [0.05, 0.1) is 44.8 Å². The van der Waals surface area contributed by atoms with Crippen LogP contribution in [0.2, 0.25) is 0 Å². The molecule has 0 unspecified atom stereocenters. The second-order valence-corrected chi connectivity index (χ2v) is 25.7. The van der Waals surface area contributed by atoms with Crippen molar-refractivity contribution < 1.29 is 0 Å². The van der Waals surface area contributed by atoms with Gasteiger partial charge in [-0.25, -0.2) is 19.9 Å². The van der Waals surface area contributed by atoms with Gasteiger partial charge in [0.2, 0.25) is 0 Å². The molecule has 18 rings (SSSR count). The molecule has 2 aliphatic heterocycles. The number of nitrogens with zero attached hydrogens (tertiary/aromatic N) is 8. The molecule has 10 aromatic rings. The van der Waals surface area contributed by atoms with E-state index in [-0.39, 0.29) is 17.5 Å². The minimum absolute atomic E-state index is 0.00877. The van der Waals surface area contributed by atoms with E-state index in [9.17, 15) is 0 Å². The first-order valence-electron chi connectivity index (χ1n) is 27.1. The molecular weight excluding hydrogens is 868 g/mol. The van der Waals surface area contributed by atoms with E-state index in [1.807, 2.05) is 0 Å². The molecule has 0 atom stereocenters. The Hall–Kier alpha value is -6.22. The molecule has 8 nitrogen and oxygen atoms in total. The molecule has 0 N–H and O–H groups in total. The van der Waals surface area contributed by atoms with Crippen molar-refractivity contribution in [3.63, 3.8) is 0 Å². The molecule has 354 valence electrons. The Bertz CT molecular complexity index is 3850. The average Bonchev–Trinajstić information content (AvgIpc) is 4.07. The smallest absolute Gasteiger partial charge is 0.252 e. The summed E-state index contributed by atoms with van der Waals surface area (Å²) in [5.74, 6) is 2.22. The van der Waals surface area contributed by atoms with Gasteiger partial charge >= 0.3 is 0 Å². The number of hydrogen-bond acceptors (Lipinski definition) is 4. The fourth-order valence-electron chi connectivity index (χ4n) is 15.8. The summed E-state index contributed by atoms with van der Waals surface area (Å²) in [6.07, 6.45) is 12.0. The number of fused-ring (bicyclic) bond motifs is 18. The Labute approximate surface area is 416 Å². The van der Waals surface area contributed by atoms with Crippen LogP contribution in [0.5, 0.6) is 0 Å². The van der Waals surface area contributed by atoms with Crippen LogP contribution in [-0.4, -0.2) is 44.6 Å². The van der Waals surface area contributed by atoms with Crippen LogP contribution in [0, 0.1) is 38.5 Å². The maximum Gasteiger partial charge on any atom is 0.252 e. The van der Waals surface area contributed by atoms with Crippen molar-refractivity contribution >= 4 is 78.8 Å². The lowest BCUT2D eigenvalue weighted by atomic mass is 9.33. The Morgan fingerprint density at radius 3 is 1.32 bits per heavy atom. The number of aryl methyl sites for hydroxylation is 4. The lowest BCUT2D eigenvalue weighted by Crippen LogP contribution is -2.60. The van der Waals surface area contributed by atoms with E-state index in [0.29, 0.717) is 23.7 Å². The minimum Gasteiger partial charge on any atom is -0.295 e. The molecule has 2 saturated carbocycles. The summed E-state index contributed by atoms with van der Waals surface area (Å²) in [6, 6.07) is 21.9. The van der Waals surface area contributed by atoms with E-state index < -0.39 is 0 Å². The zero-order valence-corrected chi connectivity index (χ0v) is 43.2. The molecule has 6 aliphatic carbocycles. The van der Waals surface area contributed by atoms with Gasteiger partial charge in [0.15, 0.2) is 11.3 Å². The number of aromatic nitrogens is 8. The predicted octanol–water partition coefficient (Wildman–Crippen LogP) is 12.7. The van der Waals surface area contributed by atoms with Crippen LogP contribution in [0.4, 0.5) is 0 Å². The van der Waals surface area contributed by atoms with E-state index in [2.05, 4.69) is 142 Å². The largest absolute Gasteiger partial charge is 0.295 e. The Kier molecular flexibility index (Phi) is 7.84. The van der Waals surface area contributed by atoms with Crippen LogP contribution in [0.25, 0.3) is 78.2 Å². The first kappa shape index (κ1) is 41.4.